The summed E-state index contributed by atoms with van der Waals surface area (Å²) in [6.45, 7) is 0.195. The molecule has 0 fully saturated rings. The van der Waals surface area contributed by atoms with E-state index in [1.165, 1.54) is 0 Å². The zero-order valence-corrected chi connectivity index (χ0v) is 9.17. The first-order valence-corrected chi connectivity index (χ1v) is 5.18. The Morgan fingerprint density at radius 1 is 1.24 bits per heavy atom. The summed E-state index contributed by atoms with van der Waals surface area (Å²) in [5.41, 5.74) is 7.33. The van der Waals surface area contributed by atoms with Crippen LogP contribution in [0.5, 0.6) is 0 Å². The number of anilines is 1. The smallest absolute Gasteiger partial charge is 0.340 e. The third-order valence-corrected chi connectivity index (χ3v) is 2.27. The quantitative estimate of drug-likeness (QED) is 0.644. The number of carbonyl (C=O) groups is 1. The van der Waals surface area contributed by atoms with Gasteiger partial charge in [-0.15, -0.1) is 0 Å². The third kappa shape index (κ3) is 2.81. The van der Waals surface area contributed by atoms with Crippen LogP contribution in [0.1, 0.15) is 15.9 Å². The minimum atomic E-state index is -0.424. The van der Waals surface area contributed by atoms with Gasteiger partial charge in [-0.3, -0.25) is 4.98 Å². The van der Waals surface area contributed by atoms with Crippen LogP contribution in [-0.2, 0) is 11.3 Å². The van der Waals surface area contributed by atoms with Crippen LogP contribution in [0.25, 0.3) is 0 Å². The Kier molecular flexibility index (Phi) is 3.35. The summed E-state index contributed by atoms with van der Waals surface area (Å²) in [6.07, 6.45) is 3.32. The Morgan fingerprint density at radius 2 is 2.06 bits per heavy atom. The number of carbonyl (C=O) groups excluding carboxylic acids is 1. The molecule has 86 valence electrons. The fourth-order valence-electron chi connectivity index (χ4n) is 1.39. The molecule has 0 atom stereocenters. The molecule has 2 rings (SSSR count). The van der Waals surface area contributed by atoms with E-state index in [9.17, 15) is 4.79 Å². The molecule has 1 aromatic heterocycles. The summed E-state index contributed by atoms with van der Waals surface area (Å²) < 4.78 is 5.14. The molecular weight excluding hydrogens is 216 g/mol. The first-order valence-electron chi connectivity index (χ1n) is 5.18. The van der Waals surface area contributed by atoms with Gasteiger partial charge in [0.2, 0.25) is 0 Å². The normalized spacial score (nSPS) is 9.88. The van der Waals surface area contributed by atoms with Crippen LogP contribution >= 0.6 is 0 Å². The molecular formula is C13H12N2O2. The molecule has 4 heteroatoms. The van der Waals surface area contributed by atoms with Gasteiger partial charge in [0.1, 0.15) is 6.61 Å². The minimum Gasteiger partial charge on any atom is -0.457 e. The van der Waals surface area contributed by atoms with E-state index in [-0.39, 0.29) is 6.61 Å². The van der Waals surface area contributed by atoms with Crippen LogP contribution in [0.15, 0.2) is 48.8 Å². The van der Waals surface area contributed by atoms with Gasteiger partial charge in [0.05, 0.1) is 5.56 Å². The van der Waals surface area contributed by atoms with Gasteiger partial charge in [-0.05, 0) is 18.2 Å². The second kappa shape index (κ2) is 5.12. The highest BCUT2D eigenvalue weighted by Gasteiger charge is 2.10. The molecule has 0 unspecified atom stereocenters. The first-order chi connectivity index (χ1) is 8.27. The second-order valence-corrected chi connectivity index (χ2v) is 3.52. The molecule has 2 aromatic rings. The van der Waals surface area contributed by atoms with Gasteiger partial charge in [-0.25, -0.2) is 4.79 Å². The van der Waals surface area contributed by atoms with Gasteiger partial charge < -0.3 is 10.5 Å². The van der Waals surface area contributed by atoms with E-state index in [0.717, 1.165) is 5.56 Å². The van der Waals surface area contributed by atoms with Crippen molar-refractivity contribution in [2.24, 2.45) is 0 Å². The predicted octanol–water partition coefficient (Wildman–Crippen LogP) is 2.02. The molecule has 0 amide bonds. The van der Waals surface area contributed by atoms with Crippen molar-refractivity contribution in [1.29, 1.82) is 0 Å². The largest absolute Gasteiger partial charge is 0.457 e. The van der Waals surface area contributed by atoms with Crippen molar-refractivity contribution < 1.29 is 9.53 Å². The minimum absolute atomic E-state index is 0.195. The summed E-state index contributed by atoms with van der Waals surface area (Å²) in [5.74, 6) is -0.424. The molecule has 1 aromatic carbocycles. The summed E-state index contributed by atoms with van der Waals surface area (Å²) in [4.78, 5) is 15.7. The lowest BCUT2D eigenvalue weighted by atomic mass is 10.2. The maximum absolute atomic E-state index is 11.7. The maximum atomic E-state index is 11.7. The van der Waals surface area contributed by atoms with Gasteiger partial charge in [0, 0.05) is 23.6 Å². The van der Waals surface area contributed by atoms with Crippen LogP contribution in [0, 0.1) is 0 Å². The van der Waals surface area contributed by atoms with Crippen LogP contribution in [0.4, 0.5) is 5.69 Å². The van der Waals surface area contributed by atoms with Crippen LogP contribution in [-0.4, -0.2) is 11.0 Å². The van der Waals surface area contributed by atoms with E-state index in [0.29, 0.717) is 11.3 Å². The lowest BCUT2D eigenvalue weighted by molar-refractivity contribution is 0.0473. The molecule has 2 N–H and O–H groups in total. The maximum Gasteiger partial charge on any atom is 0.340 e. The molecule has 0 aliphatic heterocycles. The van der Waals surface area contributed by atoms with Crippen molar-refractivity contribution >= 4 is 11.7 Å². The van der Waals surface area contributed by atoms with E-state index in [2.05, 4.69) is 4.98 Å². The number of nitrogens with two attached hydrogens (primary N) is 1. The van der Waals surface area contributed by atoms with Crippen molar-refractivity contribution in [3.8, 4) is 0 Å². The van der Waals surface area contributed by atoms with E-state index >= 15 is 0 Å². The number of ether oxygens (including phenoxy) is 1. The number of hydrogen-bond acceptors (Lipinski definition) is 4. The number of para-hydroxylation sites is 1. The van der Waals surface area contributed by atoms with Crippen molar-refractivity contribution in [3.05, 3.63) is 59.9 Å². The fourth-order valence-corrected chi connectivity index (χ4v) is 1.39. The van der Waals surface area contributed by atoms with Gasteiger partial charge in [-0.2, -0.15) is 0 Å². The number of pyridine rings is 1. The SMILES string of the molecule is Nc1ccccc1C(=O)OCc1cccnc1. The average Bonchev–Trinajstić information content (AvgIpc) is 2.38. The molecule has 17 heavy (non-hydrogen) atoms. The molecule has 0 bridgehead atoms. The van der Waals surface area contributed by atoms with E-state index in [1.54, 1.807) is 42.7 Å². The van der Waals surface area contributed by atoms with Crippen molar-refractivity contribution in [1.82, 2.24) is 4.98 Å². The van der Waals surface area contributed by atoms with E-state index in [1.807, 2.05) is 6.07 Å². The number of aromatic nitrogens is 1. The Bertz CT molecular complexity index is 512. The highest BCUT2D eigenvalue weighted by molar-refractivity contribution is 5.94. The van der Waals surface area contributed by atoms with Crippen molar-refractivity contribution in [2.75, 3.05) is 5.73 Å². The van der Waals surface area contributed by atoms with Crippen molar-refractivity contribution in [3.63, 3.8) is 0 Å². The van der Waals surface area contributed by atoms with Gasteiger partial charge >= 0.3 is 5.97 Å². The lowest BCUT2D eigenvalue weighted by Crippen LogP contribution is -2.08. The highest BCUT2D eigenvalue weighted by Crippen LogP contribution is 2.12. The average molecular weight is 228 g/mol. The summed E-state index contributed by atoms with van der Waals surface area (Å²) in [6, 6.07) is 10.5. The molecule has 0 radical (unpaired) electrons. The molecule has 0 saturated carbocycles. The van der Waals surface area contributed by atoms with Gasteiger partial charge in [0.25, 0.3) is 0 Å². The van der Waals surface area contributed by atoms with Crippen molar-refractivity contribution in [2.45, 2.75) is 6.61 Å². The van der Waals surface area contributed by atoms with Crippen LogP contribution < -0.4 is 5.73 Å². The lowest BCUT2D eigenvalue weighted by Gasteiger charge is -2.06. The van der Waals surface area contributed by atoms with E-state index < -0.39 is 5.97 Å². The molecule has 0 aliphatic rings. The number of rotatable bonds is 3. The standard InChI is InChI=1S/C13H12N2O2/c14-12-6-2-1-5-11(12)13(16)17-9-10-4-3-7-15-8-10/h1-8H,9,14H2. The zero-order chi connectivity index (χ0) is 12.1. The predicted molar refractivity (Wildman–Crippen MR) is 64.2 cm³/mol. The first kappa shape index (κ1) is 11.1. The number of esters is 1. The number of benzene rings is 1. The zero-order valence-electron chi connectivity index (χ0n) is 9.17. The highest BCUT2D eigenvalue weighted by atomic mass is 16.5. The molecule has 4 nitrogen and oxygen atoms in total. The molecule has 1 heterocycles. The third-order valence-electron chi connectivity index (χ3n) is 2.27. The van der Waals surface area contributed by atoms with Gasteiger partial charge in [0.15, 0.2) is 0 Å². The Morgan fingerprint density at radius 3 is 2.76 bits per heavy atom. The number of nitrogens with zero attached hydrogens (tertiary/aromatic N) is 1. The van der Waals surface area contributed by atoms with Gasteiger partial charge in [-0.1, -0.05) is 18.2 Å². The molecule has 0 saturated heterocycles. The number of nitrogen functional groups attached to an aromatic ring is 1. The second-order valence-electron chi connectivity index (χ2n) is 3.52. The van der Waals surface area contributed by atoms with Crippen LogP contribution in [0.2, 0.25) is 0 Å². The summed E-state index contributed by atoms with van der Waals surface area (Å²) >= 11 is 0. The molecule has 0 spiro atoms. The Hall–Kier alpha value is -2.36. The molecule has 0 aliphatic carbocycles. The summed E-state index contributed by atoms with van der Waals surface area (Å²) in [7, 11) is 0. The van der Waals surface area contributed by atoms with E-state index in [4.69, 9.17) is 10.5 Å². The topological polar surface area (TPSA) is 65.2 Å². The summed E-state index contributed by atoms with van der Waals surface area (Å²) in [5, 5.41) is 0. The monoisotopic (exact) mass is 228 g/mol. The Balaban J connectivity index is 2.01. The Labute approximate surface area is 99.1 Å². The fraction of sp³-hybridized carbons (Fsp3) is 0.0769. The number of hydrogen-bond donors (Lipinski definition) is 1. The van der Waals surface area contributed by atoms with Crippen LogP contribution in [0.3, 0.4) is 0 Å².